The van der Waals surface area contributed by atoms with Gasteiger partial charge >= 0.3 is 0 Å². The van der Waals surface area contributed by atoms with E-state index in [0.717, 1.165) is 24.8 Å². The van der Waals surface area contributed by atoms with Gasteiger partial charge in [-0.15, -0.1) is 6.58 Å². The fourth-order valence-corrected chi connectivity index (χ4v) is 5.07. The van der Waals surface area contributed by atoms with E-state index >= 15 is 0 Å². The maximum atomic E-state index is 13.2. The Kier molecular flexibility index (Phi) is 4.88. The smallest absolute Gasteiger partial charge is 0.211 e. The first-order chi connectivity index (χ1) is 11.6. The van der Waals surface area contributed by atoms with Gasteiger partial charge in [-0.2, -0.15) is 0 Å². The number of ether oxygens (including phenoxy) is 1. The van der Waals surface area contributed by atoms with E-state index in [4.69, 9.17) is 4.74 Å². The zero-order chi connectivity index (χ0) is 17.0. The Hall–Kier alpha value is -1.91. The van der Waals surface area contributed by atoms with E-state index in [1.54, 1.807) is 24.3 Å². The third-order valence-corrected chi connectivity index (χ3v) is 6.77. The molecule has 126 valence electrons. The summed E-state index contributed by atoms with van der Waals surface area (Å²) in [6.45, 7) is 3.72. The summed E-state index contributed by atoms with van der Waals surface area (Å²) in [6.07, 6.45) is 4.56. The monoisotopic (exact) mass is 342 g/mol. The van der Waals surface area contributed by atoms with E-state index in [-0.39, 0.29) is 0 Å². The van der Waals surface area contributed by atoms with Crippen molar-refractivity contribution < 1.29 is 13.2 Å². The second-order valence-corrected chi connectivity index (χ2v) is 8.24. The highest BCUT2D eigenvalue weighted by atomic mass is 32.2. The number of allylic oxidation sites excluding steroid dienone is 1. The van der Waals surface area contributed by atoms with Crippen LogP contribution in [0.4, 0.5) is 0 Å². The van der Waals surface area contributed by atoms with Crippen molar-refractivity contribution in [3.63, 3.8) is 0 Å². The number of unbranched alkanes of at least 4 members (excludes halogenated alkanes) is 2. The van der Waals surface area contributed by atoms with Crippen LogP contribution in [0.25, 0.3) is 0 Å². The zero-order valence-corrected chi connectivity index (χ0v) is 14.4. The van der Waals surface area contributed by atoms with Crippen LogP contribution >= 0.6 is 0 Å². The number of epoxide rings is 1. The second kappa shape index (κ2) is 6.91. The SMILES string of the molecule is C=CCCCCC1(S(=O)(=O)c2ccccc2)OC1c1ccccc1. The molecule has 0 aromatic heterocycles. The molecule has 2 atom stereocenters. The number of sulfone groups is 1. The van der Waals surface area contributed by atoms with Crippen LogP contribution in [0.1, 0.15) is 37.4 Å². The van der Waals surface area contributed by atoms with E-state index in [2.05, 4.69) is 6.58 Å². The van der Waals surface area contributed by atoms with Gasteiger partial charge in [0.15, 0.2) is 0 Å². The fourth-order valence-electron chi connectivity index (χ4n) is 3.10. The molecule has 0 saturated carbocycles. The predicted molar refractivity (Wildman–Crippen MR) is 95.3 cm³/mol. The first kappa shape index (κ1) is 16.9. The maximum Gasteiger partial charge on any atom is 0.211 e. The summed E-state index contributed by atoms with van der Waals surface area (Å²) in [4.78, 5) is -0.816. The molecule has 3 rings (SSSR count). The van der Waals surface area contributed by atoms with Crippen LogP contribution in [-0.2, 0) is 14.6 Å². The molecule has 0 bridgehead atoms. The average molecular weight is 342 g/mol. The Bertz CT molecular complexity index is 784. The molecular formula is C20H22O3S. The lowest BCUT2D eigenvalue weighted by Gasteiger charge is -2.14. The molecule has 24 heavy (non-hydrogen) atoms. The highest BCUT2D eigenvalue weighted by Crippen LogP contribution is 2.58. The third-order valence-electron chi connectivity index (χ3n) is 4.45. The molecule has 1 fully saturated rings. The molecule has 3 nitrogen and oxygen atoms in total. The summed E-state index contributed by atoms with van der Waals surface area (Å²) in [5, 5.41) is 0. The van der Waals surface area contributed by atoms with Crippen LogP contribution in [0.15, 0.2) is 78.2 Å². The standard InChI is InChI=1S/C20H22O3S/c1-2-3-4-11-16-20(19(23-20)17-12-7-5-8-13-17)24(21,22)18-14-9-6-10-15-18/h2,5-10,12-15,19H,1,3-4,11,16H2. The molecule has 0 N–H and O–H groups in total. The minimum atomic E-state index is -3.56. The topological polar surface area (TPSA) is 46.7 Å². The Labute approximate surface area is 143 Å². The van der Waals surface area contributed by atoms with Crippen LogP contribution in [0.3, 0.4) is 0 Å². The average Bonchev–Trinajstić information content (AvgIpc) is 3.37. The summed E-state index contributed by atoms with van der Waals surface area (Å²) < 4.78 is 32.3. The molecule has 2 aromatic carbocycles. The summed E-state index contributed by atoms with van der Waals surface area (Å²) in [5.41, 5.74) is 0.917. The first-order valence-corrected chi connectivity index (χ1v) is 9.73. The molecule has 1 aliphatic heterocycles. The molecule has 0 radical (unpaired) electrons. The molecule has 0 amide bonds. The van der Waals surface area contributed by atoms with Gasteiger partial charge in [0.25, 0.3) is 0 Å². The lowest BCUT2D eigenvalue weighted by molar-refractivity contribution is 0.330. The molecule has 0 spiro atoms. The lowest BCUT2D eigenvalue weighted by Crippen LogP contribution is -2.26. The molecule has 1 heterocycles. The van der Waals surface area contributed by atoms with Gasteiger partial charge in [0.2, 0.25) is 14.8 Å². The zero-order valence-electron chi connectivity index (χ0n) is 13.6. The summed E-state index contributed by atoms with van der Waals surface area (Å²) in [7, 11) is -3.56. The van der Waals surface area contributed by atoms with Crippen molar-refractivity contribution in [2.24, 2.45) is 0 Å². The number of rotatable bonds is 8. The minimum Gasteiger partial charge on any atom is -0.343 e. The van der Waals surface area contributed by atoms with Gasteiger partial charge in [-0.1, -0.05) is 54.6 Å². The van der Waals surface area contributed by atoms with Crippen molar-refractivity contribution in [2.75, 3.05) is 0 Å². The predicted octanol–water partition coefficient (Wildman–Crippen LogP) is 4.67. The van der Waals surface area contributed by atoms with Gasteiger partial charge < -0.3 is 4.74 Å². The molecule has 1 aliphatic rings. The molecule has 0 aliphatic carbocycles. The number of hydrogen-bond donors (Lipinski definition) is 0. The van der Waals surface area contributed by atoms with E-state index in [1.807, 2.05) is 42.5 Å². The molecule has 1 saturated heterocycles. The van der Waals surface area contributed by atoms with Crippen LogP contribution in [0.2, 0.25) is 0 Å². The Balaban J connectivity index is 1.91. The first-order valence-electron chi connectivity index (χ1n) is 8.25. The van der Waals surface area contributed by atoms with Gasteiger partial charge in [-0.05, 0) is 43.4 Å². The van der Waals surface area contributed by atoms with E-state index < -0.39 is 20.9 Å². The summed E-state index contributed by atoms with van der Waals surface area (Å²) >= 11 is 0. The third kappa shape index (κ3) is 3.04. The van der Waals surface area contributed by atoms with Crippen molar-refractivity contribution in [1.29, 1.82) is 0 Å². The fraction of sp³-hybridized carbons (Fsp3) is 0.300. The van der Waals surface area contributed by atoms with Crippen molar-refractivity contribution in [3.05, 3.63) is 78.9 Å². The highest BCUT2D eigenvalue weighted by Gasteiger charge is 2.66. The van der Waals surface area contributed by atoms with Crippen LogP contribution in [0, 0.1) is 0 Å². The highest BCUT2D eigenvalue weighted by molar-refractivity contribution is 7.93. The van der Waals surface area contributed by atoms with Gasteiger partial charge in [0, 0.05) is 0 Å². The molecule has 4 heteroatoms. The van der Waals surface area contributed by atoms with E-state index in [9.17, 15) is 8.42 Å². The summed E-state index contributed by atoms with van der Waals surface area (Å²) in [6, 6.07) is 18.2. The lowest BCUT2D eigenvalue weighted by atomic mass is 10.0. The molecular weight excluding hydrogens is 320 g/mol. The van der Waals surface area contributed by atoms with Gasteiger partial charge in [-0.3, -0.25) is 0 Å². The number of hydrogen-bond acceptors (Lipinski definition) is 3. The van der Waals surface area contributed by atoms with Crippen molar-refractivity contribution in [3.8, 4) is 0 Å². The van der Waals surface area contributed by atoms with Crippen LogP contribution in [-0.4, -0.2) is 13.4 Å². The van der Waals surface area contributed by atoms with Crippen LogP contribution < -0.4 is 0 Å². The maximum absolute atomic E-state index is 13.2. The van der Waals surface area contributed by atoms with Gasteiger partial charge in [0.05, 0.1) is 4.90 Å². The molecule has 2 aromatic rings. The van der Waals surface area contributed by atoms with Crippen molar-refractivity contribution in [1.82, 2.24) is 0 Å². The number of benzene rings is 2. The second-order valence-electron chi connectivity index (χ2n) is 6.07. The van der Waals surface area contributed by atoms with Crippen molar-refractivity contribution >= 4 is 9.84 Å². The Morgan fingerprint density at radius 1 is 1.00 bits per heavy atom. The van der Waals surface area contributed by atoms with Gasteiger partial charge in [-0.25, -0.2) is 8.42 Å². The van der Waals surface area contributed by atoms with E-state index in [0.29, 0.717) is 11.3 Å². The largest absolute Gasteiger partial charge is 0.343 e. The quantitative estimate of drug-likeness (QED) is 0.398. The normalized spacial score (nSPS) is 22.9. The minimum absolute atomic E-state index is 0.326. The summed E-state index contributed by atoms with van der Waals surface area (Å²) in [5.74, 6) is 0. The van der Waals surface area contributed by atoms with Gasteiger partial charge in [0.1, 0.15) is 6.10 Å². The Morgan fingerprint density at radius 2 is 1.62 bits per heavy atom. The molecule has 2 unspecified atom stereocenters. The Morgan fingerprint density at radius 3 is 2.25 bits per heavy atom. The van der Waals surface area contributed by atoms with Crippen LogP contribution in [0.5, 0.6) is 0 Å². The van der Waals surface area contributed by atoms with E-state index in [1.165, 1.54) is 0 Å². The van der Waals surface area contributed by atoms with Crippen molar-refractivity contribution in [2.45, 2.75) is 41.6 Å².